The molecule has 0 saturated carbocycles. The smallest absolute Gasteiger partial charge is 0.216 e. The molecule has 0 aliphatic carbocycles. The molecule has 1 unspecified atom stereocenters. The first-order valence-corrected chi connectivity index (χ1v) is 6.05. The summed E-state index contributed by atoms with van der Waals surface area (Å²) < 4.78 is 5.12. The molecule has 2 aromatic heterocycles. The van der Waals surface area contributed by atoms with Crippen molar-refractivity contribution < 1.29 is 4.74 Å². The lowest BCUT2D eigenvalue weighted by molar-refractivity contribution is 0.395. The van der Waals surface area contributed by atoms with E-state index in [1.54, 1.807) is 31.6 Å². The second-order valence-corrected chi connectivity index (χ2v) is 3.98. The minimum atomic E-state index is -0.129. The van der Waals surface area contributed by atoms with Crippen LogP contribution in [-0.4, -0.2) is 28.6 Å². The monoisotopic (exact) mass is 259 g/mol. The van der Waals surface area contributed by atoms with Gasteiger partial charge in [0, 0.05) is 29.7 Å². The van der Waals surface area contributed by atoms with Gasteiger partial charge in [0.15, 0.2) is 0 Å². The molecule has 1 atom stereocenters. The van der Waals surface area contributed by atoms with Crippen molar-refractivity contribution in [2.75, 3.05) is 19.4 Å². The van der Waals surface area contributed by atoms with E-state index in [1.165, 1.54) is 6.33 Å². The molecule has 0 bridgehead atoms. The van der Waals surface area contributed by atoms with E-state index in [9.17, 15) is 0 Å². The average Bonchev–Trinajstić information content (AvgIpc) is 2.46. The Hall–Kier alpha value is -2.21. The van der Waals surface area contributed by atoms with Gasteiger partial charge in [-0.1, -0.05) is 6.92 Å². The topological polar surface area (TPSA) is 86.0 Å². The predicted molar refractivity (Wildman–Crippen MR) is 72.8 cm³/mol. The van der Waals surface area contributed by atoms with Crippen LogP contribution in [0.15, 0.2) is 30.9 Å². The number of aromatic nitrogens is 3. The molecule has 0 aliphatic heterocycles. The summed E-state index contributed by atoms with van der Waals surface area (Å²) in [5, 5.41) is 3.34. The number of pyridine rings is 1. The summed E-state index contributed by atoms with van der Waals surface area (Å²) in [5.41, 5.74) is 8.38. The molecule has 0 aromatic carbocycles. The number of nitrogens with zero attached hydrogens (tertiary/aromatic N) is 3. The van der Waals surface area contributed by atoms with Gasteiger partial charge in [-0.2, -0.15) is 0 Å². The lowest BCUT2D eigenvalue weighted by Crippen LogP contribution is -2.24. The molecule has 0 saturated heterocycles. The van der Waals surface area contributed by atoms with E-state index >= 15 is 0 Å². The third-order valence-corrected chi connectivity index (χ3v) is 2.77. The number of nitrogens with two attached hydrogens (primary N) is 1. The lowest BCUT2D eigenvalue weighted by Gasteiger charge is -2.19. The summed E-state index contributed by atoms with van der Waals surface area (Å²) in [7, 11) is 1.58. The highest BCUT2D eigenvalue weighted by atomic mass is 16.5. The number of methoxy groups -OCH3 is 1. The van der Waals surface area contributed by atoms with E-state index in [4.69, 9.17) is 10.5 Å². The fourth-order valence-corrected chi connectivity index (χ4v) is 1.86. The van der Waals surface area contributed by atoms with Gasteiger partial charge in [-0.3, -0.25) is 4.98 Å². The Bertz CT molecular complexity index is 546. The van der Waals surface area contributed by atoms with Gasteiger partial charge in [0.25, 0.3) is 0 Å². The SMILES string of the molecule is CCNC(c1cc(OC)ncn1)c1cnccc1N. The number of ether oxygens (including phenoxy) is 1. The van der Waals surface area contributed by atoms with Crippen LogP contribution < -0.4 is 15.8 Å². The number of hydrogen-bond acceptors (Lipinski definition) is 6. The Morgan fingerprint density at radius 2 is 2.26 bits per heavy atom. The molecule has 2 rings (SSSR count). The summed E-state index contributed by atoms with van der Waals surface area (Å²) >= 11 is 0. The molecule has 19 heavy (non-hydrogen) atoms. The maximum absolute atomic E-state index is 6.00. The predicted octanol–water partition coefficient (Wildman–Crippen LogP) is 1.16. The Kier molecular flexibility index (Phi) is 4.25. The van der Waals surface area contributed by atoms with Crippen LogP contribution in [0.2, 0.25) is 0 Å². The summed E-state index contributed by atoms with van der Waals surface area (Å²) in [4.78, 5) is 12.4. The van der Waals surface area contributed by atoms with Gasteiger partial charge < -0.3 is 15.8 Å². The van der Waals surface area contributed by atoms with Crippen LogP contribution in [0.1, 0.15) is 24.2 Å². The van der Waals surface area contributed by atoms with Crippen molar-refractivity contribution in [1.82, 2.24) is 20.3 Å². The second-order valence-electron chi connectivity index (χ2n) is 3.98. The first-order valence-electron chi connectivity index (χ1n) is 6.05. The Labute approximate surface area is 112 Å². The minimum absolute atomic E-state index is 0.129. The number of nitrogens with one attached hydrogen (secondary N) is 1. The van der Waals surface area contributed by atoms with Crippen molar-refractivity contribution in [3.63, 3.8) is 0 Å². The minimum Gasteiger partial charge on any atom is -0.481 e. The van der Waals surface area contributed by atoms with Crippen molar-refractivity contribution in [2.24, 2.45) is 0 Å². The highest BCUT2D eigenvalue weighted by Crippen LogP contribution is 2.25. The zero-order valence-electron chi connectivity index (χ0n) is 11.0. The fraction of sp³-hybridized carbons (Fsp3) is 0.308. The van der Waals surface area contributed by atoms with Crippen LogP contribution in [0.4, 0.5) is 5.69 Å². The van der Waals surface area contributed by atoms with Crippen LogP contribution in [0, 0.1) is 0 Å². The standard InChI is InChI=1S/C13H17N5O/c1-3-16-13(9-7-15-5-4-10(9)14)11-6-12(19-2)18-8-17-11/h4-8,13,16H,3H2,1-2H3,(H2,14,15). The molecule has 3 N–H and O–H groups in total. The first kappa shape index (κ1) is 13.2. The Morgan fingerprint density at radius 1 is 1.42 bits per heavy atom. The van der Waals surface area contributed by atoms with E-state index < -0.39 is 0 Å². The molecule has 0 amide bonds. The number of hydrogen-bond donors (Lipinski definition) is 2. The molecule has 100 valence electrons. The zero-order chi connectivity index (χ0) is 13.7. The summed E-state index contributed by atoms with van der Waals surface area (Å²) in [6.45, 7) is 2.81. The average molecular weight is 259 g/mol. The Morgan fingerprint density at radius 3 is 2.95 bits per heavy atom. The molecular weight excluding hydrogens is 242 g/mol. The normalized spacial score (nSPS) is 12.1. The highest BCUT2D eigenvalue weighted by Gasteiger charge is 2.18. The van der Waals surface area contributed by atoms with E-state index in [-0.39, 0.29) is 6.04 Å². The van der Waals surface area contributed by atoms with E-state index in [1.807, 2.05) is 6.92 Å². The van der Waals surface area contributed by atoms with Crippen molar-refractivity contribution in [3.05, 3.63) is 42.1 Å². The molecule has 2 aromatic rings. The third kappa shape index (κ3) is 2.97. The number of nitrogen functional groups attached to an aromatic ring is 1. The molecule has 6 nitrogen and oxygen atoms in total. The van der Waals surface area contributed by atoms with Gasteiger partial charge in [0.05, 0.1) is 18.8 Å². The van der Waals surface area contributed by atoms with Crippen molar-refractivity contribution in [1.29, 1.82) is 0 Å². The van der Waals surface area contributed by atoms with E-state index in [0.29, 0.717) is 11.6 Å². The molecule has 0 aliphatic rings. The first-order chi connectivity index (χ1) is 9.26. The largest absolute Gasteiger partial charge is 0.481 e. The third-order valence-electron chi connectivity index (χ3n) is 2.77. The van der Waals surface area contributed by atoms with Gasteiger partial charge in [0.1, 0.15) is 6.33 Å². The molecule has 0 spiro atoms. The fourth-order valence-electron chi connectivity index (χ4n) is 1.86. The summed E-state index contributed by atoms with van der Waals surface area (Å²) in [6, 6.07) is 3.44. The summed E-state index contributed by atoms with van der Waals surface area (Å²) in [5.74, 6) is 0.523. The number of anilines is 1. The van der Waals surface area contributed by atoms with Crippen molar-refractivity contribution in [3.8, 4) is 5.88 Å². The van der Waals surface area contributed by atoms with Crippen molar-refractivity contribution >= 4 is 5.69 Å². The van der Waals surface area contributed by atoms with Crippen LogP contribution in [0.5, 0.6) is 5.88 Å². The van der Waals surface area contributed by atoms with Crippen LogP contribution >= 0.6 is 0 Å². The van der Waals surface area contributed by atoms with Gasteiger partial charge in [-0.25, -0.2) is 9.97 Å². The summed E-state index contributed by atoms with van der Waals surface area (Å²) in [6.07, 6.45) is 4.89. The van der Waals surface area contributed by atoms with Gasteiger partial charge >= 0.3 is 0 Å². The lowest BCUT2D eigenvalue weighted by atomic mass is 10.0. The van der Waals surface area contributed by atoms with E-state index in [0.717, 1.165) is 17.8 Å². The van der Waals surface area contributed by atoms with Crippen LogP contribution in [-0.2, 0) is 0 Å². The Balaban J connectivity index is 2.42. The van der Waals surface area contributed by atoms with Gasteiger partial charge in [-0.05, 0) is 12.6 Å². The molecule has 6 heteroatoms. The molecular formula is C13H17N5O. The van der Waals surface area contributed by atoms with Gasteiger partial charge in [-0.15, -0.1) is 0 Å². The van der Waals surface area contributed by atoms with Gasteiger partial charge in [0.2, 0.25) is 5.88 Å². The molecule has 2 heterocycles. The number of rotatable bonds is 5. The molecule has 0 radical (unpaired) electrons. The van der Waals surface area contributed by atoms with Crippen LogP contribution in [0.25, 0.3) is 0 Å². The quantitative estimate of drug-likeness (QED) is 0.838. The van der Waals surface area contributed by atoms with Crippen LogP contribution in [0.3, 0.4) is 0 Å². The maximum atomic E-state index is 6.00. The van der Waals surface area contributed by atoms with Crippen molar-refractivity contribution in [2.45, 2.75) is 13.0 Å². The molecule has 0 fully saturated rings. The zero-order valence-corrected chi connectivity index (χ0v) is 11.0. The van der Waals surface area contributed by atoms with E-state index in [2.05, 4.69) is 20.3 Å². The maximum Gasteiger partial charge on any atom is 0.216 e. The highest BCUT2D eigenvalue weighted by molar-refractivity contribution is 5.48. The second kappa shape index (κ2) is 6.10.